The Bertz CT molecular complexity index is 1750. The Morgan fingerprint density at radius 1 is 0.826 bits per heavy atom. The fourth-order valence-electron chi connectivity index (χ4n) is 5.22. The first kappa shape index (κ1) is 34.4. The quantitative estimate of drug-likeness (QED) is 0.192. The molecular weight excluding hydrogens is 601 g/mol. The standard InChI is InChI=1S/C37H42FN3O4S/c1-6-29-16-11-13-19-33(29)41(46(44,45)31-22-20-27(2)21-23-31)26-35(42)40(25-30-17-10-12-18-32(30)38)34(36(43)39-37(3,4)5)24-28-14-8-7-9-15-28/h7-23,34H,6,24-26H2,1-5H3,(H,39,43)/t34-/m1/s1. The first-order valence-electron chi connectivity index (χ1n) is 15.4. The van der Waals surface area contributed by atoms with Crippen molar-refractivity contribution in [3.8, 4) is 0 Å². The summed E-state index contributed by atoms with van der Waals surface area (Å²) in [5.41, 5.74) is 2.36. The van der Waals surface area contributed by atoms with Gasteiger partial charge >= 0.3 is 0 Å². The average Bonchev–Trinajstić information content (AvgIpc) is 3.02. The molecule has 0 radical (unpaired) electrons. The summed E-state index contributed by atoms with van der Waals surface area (Å²) in [4.78, 5) is 29.9. The summed E-state index contributed by atoms with van der Waals surface area (Å²) >= 11 is 0. The van der Waals surface area contributed by atoms with Crippen LogP contribution < -0.4 is 9.62 Å². The van der Waals surface area contributed by atoms with Crippen molar-refractivity contribution in [2.45, 2.75) is 70.5 Å². The number of nitrogens with zero attached hydrogens (tertiary/aromatic N) is 2. The van der Waals surface area contributed by atoms with E-state index in [1.54, 1.807) is 42.5 Å². The highest BCUT2D eigenvalue weighted by Gasteiger charge is 2.36. The predicted molar refractivity (Wildman–Crippen MR) is 180 cm³/mol. The van der Waals surface area contributed by atoms with E-state index in [1.165, 1.54) is 23.1 Å². The average molecular weight is 644 g/mol. The van der Waals surface area contributed by atoms with Gasteiger partial charge in [0.25, 0.3) is 10.0 Å². The van der Waals surface area contributed by atoms with Gasteiger partial charge in [0, 0.05) is 24.1 Å². The summed E-state index contributed by atoms with van der Waals surface area (Å²) in [7, 11) is -4.24. The lowest BCUT2D eigenvalue weighted by Gasteiger charge is -2.35. The third-order valence-corrected chi connectivity index (χ3v) is 9.37. The summed E-state index contributed by atoms with van der Waals surface area (Å²) in [6.07, 6.45) is 0.660. The smallest absolute Gasteiger partial charge is 0.264 e. The molecule has 4 rings (SSSR count). The zero-order chi connectivity index (χ0) is 33.5. The number of benzene rings is 4. The maximum Gasteiger partial charge on any atom is 0.264 e. The first-order valence-corrected chi connectivity index (χ1v) is 16.8. The Morgan fingerprint density at radius 2 is 1.41 bits per heavy atom. The maximum atomic E-state index is 15.1. The van der Waals surface area contributed by atoms with Crippen LogP contribution in [0.1, 0.15) is 49.9 Å². The number of anilines is 1. The monoisotopic (exact) mass is 643 g/mol. The number of nitrogens with one attached hydrogen (secondary N) is 1. The molecule has 0 heterocycles. The molecule has 0 spiro atoms. The number of carbonyl (C=O) groups is 2. The molecule has 0 aliphatic rings. The topological polar surface area (TPSA) is 86.8 Å². The SMILES string of the molecule is CCc1ccccc1N(CC(=O)N(Cc1ccccc1F)[C@H](Cc1ccccc1)C(=O)NC(C)(C)C)S(=O)(=O)c1ccc(C)cc1. The van der Waals surface area contributed by atoms with Gasteiger partial charge in [0.15, 0.2) is 0 Å². The van der Waals surface area contributed by atoms with Gasteiger partial charge < -0.3 is 10.2 Å². The maximum absolute atomic E-state index is 15.1. The zero-order valence-electron chi connectivity index (χ0n) is 27.0. The highest BCUT2D eigenvalue weighted by atomic mass is 32.2. The van der Waals surface area contributed by atoms with Gasteiger partial charge in [-0.3, -0.25) is 13.9 Å². The van der Waals surface area contributed by atoms with Crippen molar-refractivity contribution in [1.82, 2.24) is 10.2 Å². The molecule has 0 saturated heterocycles. The van der Waals surface area contributed by atoms with Gasteiger partial charge in [-0.05, 0) is 69.5 Å². The molecule has 0 fully saturated rings. The van der Waals surface area contributed by atoms with Gasteiger partial charge in [-0.1, -0.05) is 91.3 Å². The highest BCUT2D eigenvalue weighted by Crippen LogP contribution is 2.29. The van der Waals surface area contributed by atoms with Gasteiger partial charge in [-0.2, -0.15) is 0 Å². The van der Waals surface area contributed by atoms with E-state index < -0.39 is 45.8 Å². The summed E-state index contributed by atoms with van der Waals surface area (Å²) in [5.74, 6) is -1.60. The first-order chi connectivity index (χ1) is 21.8. The Hall–Kier alpha value is -4.50. The fourth-order valence-corrected chi connectivity index (χ4v) is 6.67. The van der Waals surface area contributed by atoms with Crippen molar-refractivity contribution >= 4 is 27.5 Å². The van der Waals surface area contributed by atoms with Crippen LogP contribution in [0.5, 0.6) is 0 Å². The molecule has 46 heavy (non-hydrogen) atoms. The Morgan fingerprint density at radius 3 is 2.02 bits per heavy atom. The molecule has 0 aliphatic heterocycles. The molecule has 4 aromatic carbocycles. The van der Waals surface area contributed by atoms with Crippen LogP contribution in [0.25, 0.3) is 0 Å². The second kappa shape index (κ2) is 14.7. The van der Waals surface area contributed by atoms with Crippen LogP contribution in [0.15, 0.2) is 108 Å². The van der Waals surface area contributed by atoms with Crippen molar-refractivity contribution in [3.05, 3.63) is 131 Å². The van der Waals surface area contributed by atoms with Crippen LogP contribution in [0, 0.1) is 12.7 Å². The van der Waals surface area contributed by atoms with Gasteiger partial charge in [0.2, 0.25) is 11.8 Å². The molecule has 2 amide bonds. The lowest BCUT2D eigenvalue weighted by atomic mass is 10.0. The van der Waals surface area contributed by atoms with Gasteiger partial charge in [-0.25, -0.2) is 12.8 Å². The number of sulfonamides is 1. The van der Waals surface area contributed by atoms with Crippen LogP contribution in [-0.4, -0.2) is 43.3 Å². The van der Waals surface area contributed by atoms with E-state index in [2.05, 4.69) is 5.32 Å². The molecule has 242 valence electrons. The molecule has 0 saturated carbocycles. The largest absolute Gasteiger partial charge is 0.350 e. The lowest BCUT2D eigenvalue weighted by Crippen LogP contribution is -2.56. The van der Waals surface area contributed by atoms with E-state index in [0.717, 1.165) is 21.0 Å². The van der Waals surface area contributed by atoms with Crippen LogP contribution >= 0.6 is 0 Å². The third kappa shape index (κ3) is 8.60. The van der Waals surface area contributed by atoms with Crippen molar-refractivity contribution in [2.24, 2.45) is 0 Å². The molecule has 0 aromatic heterocycles. The van der Waals surface area contributed by atoms with E-state index >= 15 is 4.39 Å². The van der Waals surface area contributed by atoms with Crippen molar-refractivity contribution < 1.29 is 22.4 Å². The molecule has 7 nitrogen and oxygen atoms in total. The normalized spacial score (nSPS) is 12.3. The summed E-state index contributed by atoms with van der Waals surface area (Å²) in [5, 5.41) is 2.98. The number of halogens is 1. The molecule has 0 bridgehead atoms. The van der Waals surface area contributed by atoms with E-state index in [9.17, 15) is 18.0 Å². The number of aryl methyl sites for hydroxylation is 2. The van der Waals surface area contributed by atoms with Crippen molar-refractivity contribution in [1.29, 1.82) is 0 Å². The fraction of sp³-hybridized carbons (Fsp3) is 0.297. The number of rotatable bonds is 12. The minimum atomic E-state index is -4.24. The molecule has 9 heteroatoms. The Labute approximate surface area is 272 Å². The zero-order valence-corrected chi connectivity index (χ0v) is 27.9. The van der Waals surface area contributed by atoms with Crippen molar-refractivity contribution in [3.63, 3.8) is 0 Å². The summed E-state index contributed by atoms with van der Waals surface area (Å²) in [6, 6.07) is 27.7. The lowest BCUT2D eigenvalue weighted by molar-refractivity contribution is -0.140. The number of hydrogen-bond acceptors (Lipinski definition) is 4. The highest BCUT2D eigenvalue weighted by molar-refractivity contribution is 7.92. The van der Waals surface area contributed by atoms with E-state index in [0.29, 0.717) is 12.1 Å². The van der Waals surface area contributed by atoms with Crippen LogP contribution in [0.3, 0.4) is 0 Å². The molecule has 0 unspecified atom stereocenters. The number of para-hydroxylation sites is 1. The second-order valence-electron chi connectivity index (χ2n) is 12.4. The minimum absolute atomic E-state index is 0.0313. The van der Waals surface area contributed by atoms with Crippen LogP contribution in [0.4, 0.5) is 10.1 Å². The Kier molecular flexibility index (Phi) is 11.0. The van der Waals surface area contributed by atoms with E-state index in [-0.39, 0.29) is 23.4 Å². The summed E-state index contributed by atoms with van der Waals surface area (Å²) < 4.78 is 44.8. The van der Waals surface area contributed by atoms with Crippen molar-refractivity contribution in [2.75, 3.05) is 10.8 Å². The predicted octanol–water partition coefficient (Wildman–Crippen LogP) is 6.45. The van der Waals surface area contributed by atoms with E-state index in [4.69, 9.17) is 0 Å². The van der Waals surface area contributed by atoms with Gasteiger partial charge in [0.1, 0.15) is 18.4 Å². The van der Waals surface area contributed by atoms with Gasteiger partial charge in [-0.15, -0.1) is 0 Å². The molecule has 1 N–H and O–H groups in total. The third-order valence-electron chi connectivity index (χ3n) is 7.60. The number of amides is 2. The number of carbonyl (C=O) groups excluding carboxylic acids is 2. The van der Waals surface area contributed by atoms with Crippen LogP contribution in [0.2, 0.25) is 0 Å². The molecule has 1 atom stereocenters. The number of hydrogen-bond donors (Lipinski definition) is 1. The molecule has 0 aliphatic carbocycles. The molecule has 4 aromatic rings. The van der Waals surface area contributed by atoms with Gasteiger partial charge in [0.05, 0.1) is 10.6 Å². The van der Waals surface area contributed by atoms with Crippen LogP contribution in [-0.2, 0) is 39.0 Å². The minimum Gasteiger partial charge on any atom is -0.350 e. The Balaban J connectivity index is 1.85. The summed E-state index contributed by atoms with van der Waals surface area (Å²) in [6.45, 7) is 8.44. The molecular formula is C37H42FN3O4S. The van der Waals surface area contributed by atoms with E-state index in [1.807, 2.05) is 77.1 Å². The second-order valence-corrected chi connectivity index (χ2v) is 14.2.